The molecule has 3 heterocycles. The molecule has 0 unspecified atom stereocenters. The molecule has 2 fully saturated rings. The average Bonchev–Trinajstić information content (AvgIpc) is 3.38. The topological polar surface area (TPSA) is 306 Å². The lowest BCUT2D eigenvalue weighted by Gasteiger charge is -2.43. The maximum absolute atomic E-state index is 13.2. The van der Waals surface area contributed by atoms with Crippen molar-refractivity contribution in [2.24, 2.45) is 10.9 Å². The highest BCUT2D eigenvalue weighted by Crippen LogP contribution is 2.40. The lowest BCUT2D eigenvalue weighted by molar-refractivity contribution is -0.153. The standard InChI is InChI=1S/C20H28N12O8S2/c21-4-1-5-24-18(22)25-6-10-7-26-31(29-10)8-12-14(16(34)32(12)42(37,38)39)28-15(33)13(11-9-41-19(23)27-11)30-40-20(2-3-20)17(35)36/h7,9,12,14H,1-6,8,21H2,(H2,23,27)(H,28,33)(H,35,36)(H3,22,24,25)(H,37,38,39)/t12-,14-/m0/s1. The van der Waals surface area contributed by atoms with Gasteiger partial charge in [0.15, 0.2) is 16.8 Å². The largest absolute Gasteiger partial charge is 0.478 e. The van der Waals surface area contributed by atoms with Crippen LogP contribution < -0.4 is 27.4 Å². The summed E-state index contributed by atoms with van der Waals surface area (Å²) in [5, 5.41) is 38.4. The Morgan fingerprint density at radius 1 is 1.33 bits per heavy atom. The molecule has 2 aromatic heterocycles. The van der Waals surface area contributed by atoms with Crippen molar-refractivity contribution >= 4 is 56.2 Å². The van der Waals surface area contributed by atoms with E-state index in [9.17, 15) is 32.5 Å². The molecule has 2 aliphatic rings. The number of aliphatic carboxylic acids is 1. The summed E-state index contributed by atoms with van der Waals surface area (Å²) in [7, 11) is -5.02. The van der Waals surface area contributed by atoms with Crippen LogP contribution in [-0.2, 0) is 42.6 Å². The molecule has 2 amide bonds. The molecule has 22 heteroatoms. The third-order valence-electron chi connectivity index (χ3n) is 6.15. The monoisotopic (exact) mass is 628 g/mol. The number of oxime groups is 1. The van der Waals surface area contributed by atoms with Gasteiger partial charge in [0, 0.05) is 24.8 Å². The second kappa shape index (κ2) is 12.2. The molecule has 1 saturated carbocycles. The molecule has 2 aromatic rings. The number of guanidine groups is 1. The fraction of sp³-hybridized carbons (Fsp3) is 0.500. The van der Waals surface area contributed by atoms with Crippen LogP contribution in [0.4, 0.5) is 5.13 Å². The fourth-order valence-electron chi connectivity index (χ4n) is 3.77. The number of amides is 2. The first-order valence-corrected chi connectivity index (χ1v) is 14.6. The summed E-state index contributed by atoms with van der Waals surface area (Å²) in [5.41, 5.74) is 9.26. The van der Waals surface area contributed by atoms with Crippen LogP contribution in [0.3, 0.4) is 0 Å². The van der Waals surface area contributed by atoms with Crippen molar-refractivity contribution in [3.8, 4) is 0 Å². The number of carboxylic acid groups (broad SMARTS) is 1. The zero-order valence-electron chi connectivity index (χ0n) is 21.8. The van der Waals surface area contributed by atoms with Crippen LogP contribution >= 0.6 is 11.3 Å². The van der Waals surface area contributed by atoms with Crippen LogP contribution in [-0.4, -0.2) is 103 Å². The molecule has 20 nitrogen and oxygen atoms in total. The van der Waals surface area contributed by atoms with E-state index in [1.54, 1.807) is 0 Å². The van der Waals surface area contributed by atoms with E-state index < -0.39 is 51.5 Å². The normalized spacial score (nSPS) is 19.5. The molecule has 4 rings (SSSR count). The maximum atomic E-state index is 13.2. The van der Waals surface area contributed by atoms with Gasteiger partial charge in [-0.15, -0.1) is 11.3 Å². The molecule has 0 bridgehead atoms. The van der Waals surface area contributed by atoms with Crippen LogP contribution in [0.2, 0.25) is 0 Å². The summed E-state index contributed by atoms with van der Waals surface area (Å²) in [5.74, 6) is -3.44. The smallest absolute Gasteiger partial charge is 0.362 e. The number of β-lactam (4-membered cyclic amide) rings is 1. The number of nitrogen functional groups attached to an aromatic ring is 1. The first-order valence-electron chi connectivity index (χ1n) is 12.3. The van der Waals surface area contributed by atoms with E-state index in [1.165, 1.54) is 11.6 Å². The summed E-state index contributed by atoms with van der Waals surface area (Å²) in [6, 6.07) is -2.83. The molecular formula is C20H28N12O8S2. The molecule has 42 heavy (non-hydrogen) atoms. The zero-order chi connectivity index (χ0) is 30.7. The fourth-order valence-corrected chi connectivity index (χ4v) is 5.19. The summed E-state index contributed by atoms with van der Waals surface area (Å²) < 4.78 is 33.6. The molecule has 0 spiro atoms. The number of hydrogen-bond donors (Lipinski definition) is 8. The Hall–Kier alpha value is -4.41. The predicted molar refractivity (Wildman–Crippen MR) is 144 cm³/mol. The Labute approximate surface area is 241 Å². The summed E-state index contributed by atoms with van der Waals surface area (Å²) in [4.78, 5) is 47.5. The lowest BCUT2D eigenvalue weighted by atomic mass is 9.98. The van der Waals surface area contributed by atoms with Crippen LogP contribution in [0.5, 0.6) is 0 Å². The van der Waals surface area contributed by atoms with E-state index in [4.69, 9.17) is 21.7 Å². The van der Waals surface area contributed by atoms with Crippen molar-refractivity contribution in [1.82, 2.24) is 40.2 Å². The van der Waals surface area contributed by atoms with Crippen molar-refractivity contribution < 1.29 is 37.3 Å². The first-order chi connectivity index (χ1) is 19.8. The van der Waals surface area contributed by atoms with E-state index in [-0.39, 0.29) is 47.0 Å². The van der Waals surface area contributed by atoms with Crippen LogP contribution in [0, 0.1) is 5.41 Å². The molecule has 228 valence electrons. The Kier molecular flexibility index (Phi) is 8.89. The molecular weight excluding hydrogens is 600 g/mol. The number of carbonyl (C=O) groups excluding carboxylic acids is 2. The number of nitrogens with two attached hydrogens (primary N) is 2. The van der Waals surface area contributed by atoms with Crippen LogP contribution in [0.1, 0.15) is 30.7 Å². The molecule has 2 atom stereocenters. The zero-order valence-corrected chi connectivity index (χ0v) is 23.4. The van der Waals surface area contributed by atoms with Gasteiger partial charge in [-0.25, -0.2) is 14.1 Å². The van der Waals surface area contributed by atoms with Crippen LogP contribution in [0.15, 0.2) is 16.7 Å². The maximum Gasteiger partial charge on any atom is 0.362 e. The van der Waals surface area contributed by atoms with Gasteiger partial charge < -0.3 is 37.4 Å². The van der Waals surface area contributed by atoms with Gasteiger partial charge in [0.2, 0.25) is 5.60 Å². The van der Waals surface area contributed by atoms with Gasteiger partial charge in [-0.1, -0.05) is 5.16 Å². The number of aromatic nitrogens is 4. The second-order valence-corrected chi connectivity index (χ2v) is 11.4. The average molecular weight is 629 g/mol. The van der Waals surface area contributed by atoms with Gasteiger partial charge in [-0.2, -0.15) is 23.4 Å². The number of thiazole rings is 1. The highest BCUT2D eigenvalue weighted by atomic mass is 32.2. The highest BCUT2D eigenvalue weighted by Gasteiger charge is 2.56. The minimum Gasteiger partial charge on any atom is -0.478 e. The SMILES string of the molecule is N=C(NCCCN)NCc1cnn(C[C@H]2[C@H](NC(=O)C(=NOC3(C(=O)O)CC3)c3csc(N)n3)C(=O)N2S(=O)(=O)O)n1. The number of nitrogens with one attached hydrogen (secondary N) is 4. The number of hydrogen-bond acceptors (Lipinski definition) is 14. The van der Waals surface area contributed by atoms with Crippen molar-refractivity contribution in [3.63, 3.8) is 0 Å². The minimum absolute atomic E-state index is 0.0298. The van der Waals surface area contributed by atoms with Crippen molar-refractivity contribution in [2.75, 3.05) is 18.8 Å². The Morgan fingerprint density at radius 2 is 2.07 bits per heavy atom. The molecule has 0 aromatic carbocycles. The number of rotatable bonds is 14. The second-order valence-electron chi connectivity index (χ2n) is 9.22. The Morgan fingerprint density at radius 3 is 2.67 bits per heavy atom. The van der Waals surface area contributed by atoms with E-state index >= 15 is 0 Å². The van der Waals surface area contributed by atoms with Gasteiger partial charge in [0.1, 0.15) is 23.5 Å². The van der Waals surface area contributed by atoms with Crippen molar-refractivity contribution in [2.45, 2.75) is 50.0 Å². The van der Waals surface area contributed by atoms with Gasteiger partial charge in [-0.05, 0) is 13.0 Å². The van der Waals surface area contributed by atoms with E-state index in [0.29, 0.717) is 25.2 Å². The summed E-state index contributed by atoms with van der Waals surface area (Å²) in [6.45, 7) is 0.692. The molecule has 0 radical (unpaired) electrons. The molecule has 10 N–H and O–H groups in total. The summed E-state index contributed by atoms with van der Waals surface area (Å²) >= 11 is 0.963. The third-order valence-corrected chi connectivity index (χ3v) is 7.77. The molecule has 1 saturated heterocycles. The van der Waals surface area contributed by atoms with Gasteiger partial charge in [-0.3, -0.25) is 19.6 Å². The van der Waals surface area contributed by atoms with Gasteiger partial charge >= 0.3 is 16.3 Å². The Bertz CT molecular complexity index is 1500. The van der Waals surface area contributed by atoms with E-state index in [0.717, 1.165) is 16.1 Å². The van der Waals surface area contributed by atoms with Crippen LogP contribution in [0.25, 0.3) is 0 Å². The third kappa shape index (κ3) is 6.89. The molecule has 1 aliphatic carbocycles. The van der Waals surface area contributed by atoms with E-state index in [1.807, 2.05) is 0 Å². The van der Waals surface area contributed by atoms with Crippen molar-refractivity contribution in [1.29, 1.82) is 5.41 Å². The minimum atomic E-state index is -5.02. The first kappa shape index (κ1) is 30.5. The number of carbonyl (C=O) groups is 3. The summed E-state index contributed by atoms with van der Waals surface area (Å²) in [6.07, 6.45) is 2.33. The van der Waals surface area contributed by atoms with E-state index in [2.05, 4.69) is 36.3 Å². The number of nitrogens with zero attached hydrogens (tertiary/aromatic N) is 6. The van der Waals surface area contributed by atoms with Gasteiger partial charge in [0.25, 0.3) is 11.8 Å². The molecule has 1 aliphatic heterocycles. The lowest BCUT2D eigenvalue weighted by Crippen LogP contribution is -2.73. The Balaban J connectivity index is 1.47. The van der Waals surface area contributed by atoms with Crippen molar-refractivity contribution in [3.05, 3.63) is 23.0 Å². The quantitative estimate of drug-likeness (QED) is 0.0255. The highest BCUT2D eigenvalue weighted by molar-refractivity contribution is 7.84. The number of carboxylic acids is 1. The van der Waals surface area contributed by atoms with Gasteiger partial charge in [0.05, 0.1) is 19.3 Å². The number of anilines is 1. The predicted octanol–water partition coefficient (Wildman–Crippen LogP) is -3.18.